The molecule has 3 rings (SSSR count). The Morgan fingerprint density at radius 2 is 1.68 bits per heavy atom. The van der Waals surface area contributed by atoms with Gasteiger partial charge in [0.25, 0.3) is 5.91 Å². The standard InChI is InChI=1S/C19H21N3O5S/c23-18(13-15-5-2-1-3-6-15)20-21-19(24)16-7-4-8-17(14-16)28(25,26)22-9-11-27-12-10-22/h1-8,14H,9-13H2,(H,20,23)(H,21,24). The highest BCUT2D eigenvalue weighted by atomic mass is 32.2. The van der Waals surface area contributed by atoms with Crippen LogP contribution in [-0.2, 0) is 26.0 Å². The molecule has 0 atom stereocenters. The van der Waals surface area contributed by atoms with Crippen LogP contribution < -0.4 is 10.9 Å². The first-order valence-electron chi connectivity index (χ1n) is 8.78. The first-order valence-corrected chi connectivity index (χ1v) is 10.2. The van der Waals surface area contributed by atoms with Crippen LogP contribution in [0.15, 0.2) is 59.5 Å². The first-order chi connectivity index (χ1) is 13.5. The Morgan fingerprint density at radius 1 is 0.964 bits per heavy atom. The minimum Gasteiger partial charge on any atom is -0.379 e. The number of carbonyl (C=O) groups is 2. The Balaban J connectivity index is 1.63. The highest BCUT2D eigenvalue weighted by Gasteiger charge is 2.26. The number of benzene rings is 2. The third-order valence-electron chi connectivity index (χ3n) is 4.23. The zero-order valence-electron chi connectivity index (χ0n) is 15.1. The van der Waals surface area contributed by atoms with Crippen LogP contribution in [0.25, 0.3) is 0 Å². The lowest BCUT2D eigenvalue weighted by Gasteiger charge is -2.26. The summed E-state index contributed by atoms with van der Waals surface area (Å²) in [6.45, 7) is 1.22. The molecule has 9 heteroatoms. The molecule has 0 unspecified atom stereocenters. The van der Waals surface area contributed by atoms with Gasteiger partial charge in [-0.05, 0) is 23.8 Å². The molecule has 8 nitrogen and oxygen atoms in total. The van der Waals surface area contributed by atoms with Gasteiger partial charge in [-0.25, -0.2) is 8.42 Å². The number of hydrogen-bond donors (Lipinski definition) is 2. The summed E-state index contributed by atoms with van der Waals surface area (Å²) in [6, 6.07) is 14.8. The van der Waals surface area contributed by atoms with Crippen LogP contribution in [-0.4, -0.2) is 50.8 Å². The van der Waals surface area contributed by atoms with Crippen molar-refractivity contribution in [2.24, 2.45) is 0 Å². The third kappa shape index (κ3) is 4.94. The lowest BCUT2D eigenvalue weighted by Crippen LogP contribution is -2.42. The molecular weight excluding hydrogens is 382 g/mol. The molecule has 2 N–H and O–H groups in total. The van der Waals surface area contributed by atoms with E-state index in [4.69, 9.17) is 4.74 Å². The fourth-order valence-corrected chi connectivity index (χ4v) is 4.21. The van der Waals surface area contributed by atoms with E-state index >= 15 is 0 Å². The predicted octanol–water partition coefficient (Wildman–Crippen LogP) is 0.711. The van der Waals surface area contributed by atoms with E-state index in [1.54, 1.807) is 12.1 Å². The molecule has 1 heterocycles. The number of rotatable bonds is 5. The maximum Gasteiger partial charge on any atom is 0.269 e. The molecule has 2 aromatic carbocycles. The minimum absolute atomic E-state index is 0.0256. The highest BCUT2D eigenvalue weighted by Crippen LogP contribution is 2.18. The third-order valence-corrected chi connectivity index (χ3v) is 6.12. The van der Waals surface area contributed by atoms with Gasteiger partial charge in [-0.15, -0.1) is 0 Å². The molecule has 1 aliphatic heterocycles. The van der Waals surface area contributed by atoms with Gasteiger partial charge in [-0.1, -0.05) is 36.4 Å². The normalized spacial score (nSPS) is 15.0. The van der Waals surface area contributed by atoms with Crippen LogP contribution in [0, 0.1) is 0 Å². The summed E-state index contributed by atoms with van der Waals surface area (Å²) in [6.07, 6.45) is 0.118. The zero-order valence-corrected chi connectivity index (χ0v) is 15.9. The van der Waals surface area contributed by atoms with E-state index in [1.165, 1.54) is 28.6 Å². The second kappa shape index (κ2) is 8.96. The molecule has 2 aromatic rings. The van der Waals surface area contributed by atoms with Gasteiger partial charge in [0.1, 0.15) is 0 Å². The summed E-state index contributed by atoms with van der Waals surface area (Å²) in [5.41, 5.74) is 5.59. The summed E-state index contributed by atoms with van der Waals surface area (Å²) in [7, 11) is -3.70. The Morgan fingerprint density at radius 3 is 2.39 bits per heavy atom. The van der Waals surface area contributed by atoms with Gasteiger partial charge >= 0.3 is 0 Å². The molecule has 1 saturated heterocycles. The summed E-state index contributed by atoms with van der Waals surface area (Å²) in [4.78, 5) is 24.3. The van der Waals surface area contributed by atoms with Crippen LogP contribution in [0.5, 0.6) is 0 Å². The average Bonchev–Trinajstić information content (AvgIpc) is 2.73. The number of morpholine rings is 1. The molecule has 0 bridgehead atoms. The van der Waals surface area contributed by atoms with E-state index in [2.05, 4.69) is 10.9 Å². The molecule has 1 aliphatic rings. The Hall–Kier alpha value is -2.75. The molecule has 0 aromatic heterocycles. The zero-order chi connectivity index (χ0) is 20.0. The van der Waals surface area contributed by atoms with Crippen molar-refractivity contribution < 1.29 is 22.7 Å². The number of hydrogen-bond acceptors (Lipinski definition) is 5. The summed E-state index contributed by atoms with van der Waals surface area (Å²) < 4.78 is 31.9. The molecule has 1 fully saturated rings. The SMILES string of the molecule is O=C(Cc1ccccc1)NNC(=O)c1cccc(S(=O)(=O)N2CCOCC2)c1. The van der Waals surface area contributed by atoms with Gasteiger partial charge in [-0.3, -0.25) is 20.4 Å². The Bertz CT molecular complexity index is 941. The second-order valence-corrected chi connectivity index (χ2v) is 8.15. The number of ether oxygens (including phenoxy) is 1. The molecule has 28 heavy (non-hydrogen) atoms. The molecule has 148 valence electrons. The number of hydrazine groups is 1. The van der Waals surface area contributed by atoms with Crippen LogP contribution in [0.1, 0.15) is 15.9 Å². The van der Waals surface area contributed by atoms with Crippen LogP contribution in [0.2, 0.25) is 0 Å². The lowest BCUT2D eigenvalue weighted by atomic mass is 10.1. The van der Waals surface area contributed by atoms with Gasteiger partial charge in [0.2, 0.25) is 15.9 Å². The first kappa shape index (κ1) is 20.0. The maximum atomic E-state index is 12.7. The number of amides is 2. The van der Waals surface area contributed by atoms with E-state index in [0.29, 0.717) is 13.2 Å². The largest absolute Gasteiger partial charge is 0.379 e. The van der Waals surface area contributed by atoms with E-state index in [1.807, 2.05) is 18.2 Å². The summed E-state index contributed by atoms with van der Waals surface area (Å²) in [5.74, 6) is -0.975. The molecular formula is C19H21N3O5S. The van der Waals surface area contributed by atoms with Crippen molar-refractivity contribution in [2.75, 3.05) is 26.3 Å². The fraction of sp³-hybridized carbons (Fsp3) is 0.263. The molecule has 2 amide bonds. The van der Waals surface area contributed by atoms with Crippen molar-refractivity contribution in [3.8, 4) is 0 Å². The molecule has 0 saturated carbocycles. The smallest absolute Gasteiger partial charge is 0.269 e. The van der Waals surface area contributed by atoms with Crippen molar-refractivity contribution in [1.29, 1.82) is 0 Å². The monoisotopic (exact) mass is 403 g/mol. The molecule has 0 aliphatic carbocycles. The quantitative estimate of drug-likeness (QED) is 0.716. The van der Waals surface area contributed by atoms with Gasteiger partial charge in [-0.2, -0.15) is 4.31 Å². The average molecular weight is 403 g/mol. The van der Waals surface area contributed by atoms with Crippen LogP contribution in [0.3, 0.4) is 0 Å². The van der Waals surface area contributed by atoms with Gasteiger partial charge in [0, 0.05) is 18.7 Å². The van der Waals surface area contributed by atoms with E-state index in [-0.39, 0.29) is 35.9 Å². The summed E-state index contributed by atoms with van der Waals surface area (Å²) >= 11 is 0. The topological polar surface area (TPSA) is 105 Å². The Kier molecular flexibility index (Phi) is 6.40. The summed E-state index contributed by atoms with van der Waals surface area (Å²) in [5, 5.41) is 0. The highest BCUT2D eigenvalue weighted by molar-refractivity contribution is 7.89. The van der Waals surface area contributed by atoms with E-state index in [0.717, 1.165) is 5.56 Å². The number of nitrogens with zero attached hydrogens (tertiary/aromatic N) is 1. The van der Waals surface area contributed by atoms with Crippen molar-refractivity contribution in [3.05, 3.63) is 65.7 Å². The fourth-order valence-electron chi connectivity index (χ4n) is 2.76. The van der Waals surface area contributed by atoms with Crippen molar-refractivity contribution in [2.45, 2.75) is 11.3 Å². The van der Waals surface area contributed by atoms with Crippen molar-refractivity contribution in [3.63, 3.8) is 0 Å². The van der Waals surface area contributed by atoms with E-state index in [9.17, 15) is 18.0 Å². The number of carbonyl (C=O) groups excluding carboxylic acids is 2. The molecule has 0 radical (unpaired) electrons. The Labute approximate surface area is 163 Å². The number of nitrogens with one attached hydrogen (secondary N) is 2. The van der Waals surface area contributed by atoms with Crippen molar-refractivity contribution in [1.82, 2.24) is 15.2 Å². The van der Waals surface area contributed by atoms with Gasteiger partial charge in [0.05, 0.1) is 24.5 Å². The number of sulfonamides is 1. The molecule has 0 spiro atoms. The minimum atomic E-state index is -3.70. The van der Waals surface area contributed by atoms with Crippen molar-refractivity contribution >= 4 is 21.8 Å². The maximum absolute atomic E-state index is 12.7. The predicted molar refractivity (Wildman–Crippen MR) is 102 cm³/mol. The lowest BCUT2D eigenvalue weighted by molar-refractivity contribution is -0.121. The van der Waals surface area contributed by atoms with Gasteiger partial charge in [0.15, 0.2) is 0 Å². The van der Waals surface area contributed by atoms with E-state index < -0.39 is 15.9 Å². The van der Waals surface area contributed by atoms with Gasteiger partial charge < -0.3 is 4.74 Å². The second-order valence-electron chi connectivity index (χ2n) is 6.21. The van der Waals surface area contributed by atoms with Crippen LogP contribution in [0.4, 0.5) is 0 Å². The van der Waals surface area contributed by atoms with Crippen LogP contribution >= 0.6 is 0 Å².